The SMILES string of the molecule is Cn1nnnc1SCC1C(NC(=O)OCc2ccccc2)C(=O)N1S(=O)(=O)O. The van der Waals surface area contributed by atoms with E-state index >= 15 is 0 Å². The first-order valence-corrected chi connectivity index (χ1v) is 10.3. The fourth-order valence-corrected chi connectivity index (χ4v) is 4.47. The maximum absolute atomic E-state index is 12.1. The van der Waals surface area contributed by atoms with Gasteiger partial charge in [-0.15, -0.1) is 5.10 Å². The van der Waals surface area contributed by atoms with Crippen LogP contribution >= 0.6 is 11.8 Å². The van der Waals surface area contributed by atoms with E-state index in [1.165, 1.54) is 4.68 Å². The Balaban J connectivity index is 1.63. The number of aromatic nitrogens is 4. The topological polar surface area (TPSA) is 157 Å². The molecule has 2 amide bonds. The molecule has 1 aromatic heterocycles. The smallest absolute Gasteiger partial charge is 0.408 e. The summed E-state index contributed by atoms with van der Waals surface area (Å²) < 4.78 is 38.9. The Morgan fingerprint density at radius 3 is 2.68 bits per heavy atom. The van der Waals surface area contributed by atoms with Crippen LogP contribution < -0.4 is 5.32 Å². The first-order valence-electron chi connectivity index (χ1n) is 7.90. The van der Waals surface area contributed by atoms with Crippen molar-refractivity contribution in [1.82, 2.24) is 29.8 Å². The highest BCUT2D eigenvalue weighted by Crippen LogP contribution is 2.28. The Bertz CT molecular complexity index is 966. The van der Waals surface area contributed by atoms with E-state index < -0.39 is 34.4 Å². The van der Waals surface area contributed by atoms with Gasteiger partial charge in [-0.1, -0.05) is 42.1 Å². The zero-order chi connectivity index (χ0) is 20.3. The van der Waals surface area contributed by atoms with Crippen LogP contribution in [0.2, 0.25) is 0 Å². The molecule has 14 heteroatoms. The molecule has 1 aliphatic heterocycles. The second-order valence-corrected chi connectivity index (χ2v) is 8.04. The highest BCUT2D eigenvalue weighted by Gasteiger charge is 2.54. The minimum absolute atomic E-state index is 0.0143. The second-order valence-electron chi connectivity index (χ2n) is 5.76. The monoisotopic (exact) mass is 428 g/mol. The van der Waals surface area contributed by atoms with Gasteiger partial charge in [0, 0.05) is 12.8 Å². The van der Waals surface area contributed by atoms with Gasteiger partial charge < -0.3 is 10.1 Å². The highest BCUT2D eigenvalue weighted by molar-refractivity contribution is 7.99. The van der Waals surface area contributed by atoms with Crippen LogP contribution in [0, 0.1) is 0 Å². The lowest BCUT2D eigenvalue weighted by Gasteiger charge is -2.43. The summed E-state index contributed by atoms with van der Waals surface area (Å²) >= 11 is 1.07. The molecule has 0 radical (unpaired) electrons. The first kappa shape index (κ1) is 20.0. The number of benzene rings is 1. The van der Waals surface area contributed by atoms with Crippen LogP contribution in [0.4, 0.5) is 4.79 Å². The van der Waals surface area contributed by atoms with E-state index in [0.717, 1.165) is 17.3 Å². The van der Waals surface area contributed by atoms with Crippen LogP contribution in [0.3, 0.4) is 0 Å². The number of alkyl carbamates (subject to hydrolysis) is 1. The highest BCUT2D eigenvalue weighted by atomic mass is 32.2. The van der Waals surface area contributed by atoms with Gasteiger partial charge in [0.05, 0.1) is 6.04 Å². The predicted octanol–water partition coefficient (Wildman–Crippen LogP) is -0.389. The van der Waals surface area contributed by atoms with Crippen molar-refractivity contribution in [2.45, 2.75) is 23.8 Å². The number of rotatable bonds is 7. The number of carbonyl (C=O) groups excluding carboxylic acids is 2. The summed E-state index contributed by atoms with van der Waals surface area (Å²) in [5.41, 5.74) is 0.749. The van der Waals surface area contributed by atoms with Crippen LogP contribution in [0.1, 0.15) is 5.56 Å². The lowest BCUT2D eigenvalue weighted by molar-refractivity contribution is -0.141. The summed E-state index contributed by atoms with van der Waals surface area (Å²) in [4.78, 5) is 24.1. The Morgan fingerprint density at radius 1 is 1.36 bits per heavy atom. The van der Waals surface area contributed by atoms with E-state index in [0.29, 0.717) is 9.46 Å². The molecule has 1 fully saturated rings. The number of tetrazole rings is 1. The van der Waals surface area contributed by atoms with Crippen molar-refractivity contribution in [3.63, 3.8) is 0 Å². The largest absolute Gasteiger partial charge is 0.445 e. The second kappa shape index (κ2) is 8.12. The van der Waals surface area contributed by atoms with Crippen molar-refractivity contribution in [1.29, 1.82) is 0 Å². The van der Waals surface area contributed by atoms with Crippen LogP contribution in [-0.2, 0) is 33.5 Å². The van der Waals surface area contributed by atoms with Gasteiger partial charge in [-0.2, -0.15) is 8.42 Å². The molecule has 2 aromatic rings. The van der Waals surface area contributed by atoms with Crippen molar-refractivity contribution < 1.29 is 27.3 Å². The van der Waals surface area contributed by atoms with E-state index in [1.54, 1.807) is 31.3 Å². The molecule has 150 valence electrons. The summed E-state index contributed by atoms with van der Waals surface area (Å²) in [7, 11) is -3.18. The molecule has 2 unspecified atom stereocenters. The molecule has 0 saturated carbocycles. The Hall–Kier alpha value is -2.71. The lowest BCUT2D eigenvalue weighted by Crippen LogP contribution is -2.72. The average molecular weight is 428 g/mol. The third-order valence-corrected chi connectivity index (χ3v) is 5.93. The predicted molar refractivity (Wildman–Crippen MR) is 95.3 cm³/mol. The molecular formula is C14H16N6O6S2. The number of nitrogens with zero attached hydrogens (tertiary/aromatic N) is 5. The van der Waals surface area contributed by atoms with Crippen LogP contribution in [0.25, 0.3) is 0 Å². The van der Waals surface area contributed by atoms with Gasteiger partial charge in [0.25, 0.3) is 5.91 Å². The van der Waals surface area contributed by atoms with Crippen molar-refractivity contribution in [3.05, 3.63) is 35.9 Å². The third-order valence-electron chi connectivity index (χ3n) is 3.87. The summed E-state index contributed by atoms with van der Waals surface area (Å²) in [6, 6.07) is 6.71. The molecule has 12 nitrogen and oxygen atoms in total. The van der Waals surface area contributed by atoms with Crippen LogP contribution in [0.5, 0.6) is 0 Å². The first-order chi connectivity index (χ1) is 13.3. The number of aryl methyl sites for hydroxylation is 1. The number of thioether (sulfide) groups is 1. The van der Waals surface area contributed by atoms with E-state index in [-0.39, 0.29) is 12.4 Å². The number of hydrogen-bond donors (Lipinski definition) is 2. The molecule has 2 N–H and O–H groups in total. The molecule has 0 bridgehead atoms. The maximum atomic E-state index is 12.1. The average Bonchev–Trinajstić information content (AvgIpc) is 3.05. The molecule has 2 atom stereocenters. The number of hydrogen-bond acceptors (Lipinski definition) is 9. The number of amides is 2. The van der Waals surface area contributed by atoms with E-state index in [4.69, 9.17) is 4.74 Å². The lowest BCUT2D eigenvalue weighted by atomic mass is 10.0. The number of carbonyl (C=O) groups is 2. The normalized spacial score (nSPS) is 19.2. The van der Waals surface area contributed by atoms with Gasteiger partial charge in [0.1, 0.15) is 12.6 Å². The van der Waals surface area contributed by atoms with E-state index in [9.17, 15) is 22.6 Å². The number of ether oxygens (including phenoxy) is 1. The molecule has 0 spiro atoms. The van der Waals surface area contributed by atoms with Crippen LogP contribution in [0.15, 0.2) is 35.5 Å². The van der Waals surface area contributed by atoms with Gasteiger partial charge >= 0.3 is 16.4 Å². The molecule has 1 aliphatic rings. The molecule has 2 heterocycles. The molecule has 1 saturated heterocycles. The van der Waals surface area contributed by atoms with Crippen molar-refractivity contribution >= 4 is 34.1 Å². The van der Waals surface area contributed by atoms with E-state index in [1.807, 2.05) is 6.07 Å². The van der Waals surface area contributed by atoms with Gasteiger partial charge in [0.2, 0.25) is 5.16 Å². The molecule has 1 aromatic carbocycles. The summed E-state index contributed by atoms with van der Waals surface area (Å²) in [5, 5.41) is 13.5. The fraction of sp³-hybridized carbons (Fsp3) is 0.357. The van der Waals surface area contributed by atoms with E-state index in [2.05, 4.69) is 20.8 Å². The fourth-order valence-electron chi connectivity index (χ4n) is 2.52. The molecule has 0 aliphatic carbocycles. The molecule has 28 heavy (non-hydrogen) atoms. The molecule has 3 rings (SSSR count). The minimum Gasteiger partial charge on any atom is -0.445 e. The van der Waals surface area contributed by atoms with Crippen molar-refractivity contribution in [2.75, 3.05) is 5.75 Å². The van der Waals surface area contributed by atoms with Gasteiger partial charge in [0.15, 0.2) is 0 Å². The summed E-state index contributed by atoms with van der Waals surface area (Å²) in [6.45, 7) is -0.0143. The Morgan fingerprint density at radius 2 is 2.07 bits per heavy atom. The Labute approximate surface area is 164 Å². The van der Waals surface area contributed by atoms with Gasteiger partial charge in [-0.25, -0.2) is 13.8 Å². The molecular weight excluding hydrogens is 412 g/mol. The summed E-state index contributed by atoms with van der Waals surface area (Å²) in [6.07, 6.45) is -0.882. The van der Waals surface area contributed by atoms with Crippen molar-refractivity contribution in [3.8, 4) is 0 Å². The number of β-lactam (4-membered cyclic amide) rings is 1. The maximum Gasteiger partial charge on any atom is 0.408 e. The van der Waals surface area contributed by atoms with Crippen molar-refractivity contribution in [2.24, 2.45) is 7.05 Å². The zero-order valence-electron chi connectivity index (χ0n) is 14.5. The standard InChI is InChI=1S/C14H16N6O6S2/c1-19-13(16-17-18-19)27-8-10-11(12(21)20(10)28(23,24)25)15-14(22)26-7-9-5-3-2-4-6-9/h2-6,10-11H,7-8H2,1H3,(H,15,22)(H,23,24,25). The zero-order valence-corrected chi connectivity index (χ0v) is 16.1. The summed E-state index contributed by atoms with van der Waals surface area (Å²) in [5.74, 6) is -0.940. The van der Waals surface area contributed by atoms with Gasteiger partial charge in [-0.3, -0.25) is 9.35 Å². The minimum atomic E-state index is -4.77. The number of nitrogens with one attached hydrogen (secondary N) is 1. The Kier molecular flexibility index (Phi) is 5.81. The quantitative estimate of drug-likeness (QED) is 0.338. The van der Waals surface area contributed by atoms with Gasteiger partial charge in [-0.05, 0) is 16.0 Å². The van der Waals surface area contributed by atoms with Crippen LogP contribution in [-0.4, -0.2) is 67.3 Å². The third kappa shape index (κ3) is 4.40.